The van der Waals surface area contributed by atoms with E-state index in [0.29, 0.717) is 11.3 Å². The molecule has 0 bridgehead atoms. The van der Waals surface area contributed by atoms with Gasteiger partial charge in [-0.25, -0.2) is 9.59 Å². The predicted octanol–water partition coefficient (Wildman–Crippen LogP) is 3.05. The number of carbonyl (C=O) groups excluding carboxylic acids is 2. The summed E-state index contributed by atoms with van der Waals surface area (Å²) in [6.45, 7) is 7.36. The highest BCUT2D eigenvalue weighted by Gasteiger charge is 2.56. The summed E-state index contributed by atoms with van der Waals surface area (Å²) in [5.74, 6) is -0.758. The maximum atomic E-state index is 12.6. The topological polar surface area (TPSA) is 61.8 Å². The van der Waals surface area contributed by atoms with Crippen LogP contribution >= 0.6 is 0 Å². The van der Waals surface area contributed by atoms with Crippen LogP contribution in [0.2, 0.25) is 0 Å². The molecule has 2 aliphatic rings. The highest BCUT2D eigenvalue weighted by Crippen LogP contribution is 2.44. The number of esters is 2. The first-order valence-electron chi connectivity index (χ1n) is 7.92. The predicted molar refractivity (Wildman–Crippen MR) is 81.0 cm³/mol. The van der Waals surface area contributed by atoms with Crippen molar-refractivity contribution in [1.82, 2.24) is 0 Å². The van der Waals surface area contributed by atoms with E-state index < -0.39 is 17.5 Å². The van der Waals surface area contributed by atoms with Crippen LogP contribution in [-0.4, -0.2) is 30.8 Å². The maximum Gasteiger partial charge on any atom is 0.367 e. The Bertz CT molecular complexity index is 523. The molecule has 0 spiro atoms. The van der Waals surface area contributed by atoms with E-state index in [1.54, 1.807) is 27.7 Å². The minimum Gasteiger partial charge on any atom is -0.465 e. The second-order valence-electron chi connectivity index (χ2n) is 5.57. The molecular formula is C17H24O5. The average molecular weight is 308 g/mol. The van der Waals surface area contributed by atoms with Crippen LogP contribution in [0.25, 0.3) is 0 Å². The second kappa shape index (κ2) is 6.55. The van der Waals surface area contributed by atoms with Gasteiger partial charge in [-0.3, -0.25) is 0 Å². The van der Waals surface area contributed by atoms with Gasteiger partial charge in [0, 0.05) is 0 Å². The average Bonchev–Trinajstić information content (AvgIpc) is 2.51. The van der Waals surface area contributed by atoms with Crippen molar-refractivity contribution in [2.45, 2.75) is 59.0 Å². The molecule has 0 unspecified atom stereocenters. The first-order valence-corrected chi connectivity index (χ1v) is 7.92. The largest absolute Gasteiger partial charge is 0.465 e. The van der Waals surface area contributed by atoms with Gasteiger partial charge in [0.15, 0.2) is 0 Å². The number of hydrogen-bond acceptors (Lipinski definition) is 5. The molecule has 2 rings (SSSR count). The Morgan fingerprint density at radius 2 is 1.50 bits per heavy atom. The normalized spacial score (nSPS) is 20.2. The summed E-state index contributed by atoms with van der Waals surface area (Å²) in [6, 6.07) is 0. The second-order valence-corrected chi connectivity index (χ2v) is 5.57. The molecule has 5 nitrogen and oxygen atoms in total. The van der Waals surface area contributed by atoms with Crippen LogP contribution in [0.3, 0.4) is 0 Å². The molecule has 0 saturated heterocycles. The monoisotopic (exact) mass is 308 g/mol. The summed E-state index contributed by atoms with van der Waals surface area (Å²) in [4.78, 5) is 25.1. The molecular weight excluding hydrogens is 284 g/mol. The van der Waals surface area contributed by atoms with Gasteiger partial charge in [0.25, 0.3) is 0 Å². The zero-order valence-corrected chi connectivity index (χ0v) is 13.8. The van der Waals surface area contributed by atoms with E-state index in [4.69, 9.17) is 14.2 Å². The van der Waals surface area contributed by atoms with Gasteiger partial charge in [-0.2, -0.15) is 0 Å². The lowest BCUT2D eigenvalue weighted by Gasteiger charge is -2.38. The summed E-state index contributed by atoms with van der Waals surface area (Å²) >= 11 is 0. The third kappa shape index (κ3) is 2.53. The smallest absolute Gasteiger partial charge is 0.367 e. The van der Waals surface area contributed by atoms with Crippen molar-refractivity contribution in [2.24, 2.45) is 0 Å². The van der Waals surface area contributed by atoms with Crippen LogP contribution in [0.15, 0.2) is 22.5 Å². The van der Waals surface area contributed by atoms with Crippen molar-refractivity contribution in [3.8, 4) is 0 Å². The number of ether oxygens (including phenoxy) is 3. The number of hydrogen-bond donors (Lipinski definition) is 0. The molecule has 0 atom stereocenters. The minimum atomic E-state index is -1.79. The first-order chi connectivity index (χ1) is 10.5. The quantitative estimate of drug-likeness (QED) is 0.590. The Morgan fingerprint density at radius 3 is 2.00 bits per heavy atom. The van der Waals surface area contributed by atoms with Crippen LogP contribution in [0.1, 0.15) is 53.4 Å². The molecule has 1 heterocycles. The van der Waals surface area contributed by atoms with Crippen molar-refractivity contribution in [2.75, 3.05) is 13.2 Å². The lowest BCUT2D eigenvalue weighted by atomic mass is 9.78. The molecule has 1 aliphatic carbocycles. The fourth-order valence-corrected chi connectivity index (χ4v) is 3.23. The summed E-state index contributed by atoms with van der Waals surface area (Å²) in [5, 5.41) is 0. The zero-order chi connectivity index (χ0) is 16.3. The van der Waals surface area contributed by atoms with E-state index >= 15 is 0 Å². The van der Waals surface area contributed by atoms with E-state index in [1.165, 1.54) is 0 Å². The Labute approximate surface area is 131 Å². The zero-order valence-electron chi connectivity index (χ0n) is 13.8. The fourth-order valence-electron chi connectivity index (χ4n) is 3.23. The van der Waals surface area contributed by atoms with Crippen LogP contribution in [0, 0.1) is 0 Å². The summed E-state index contributed by atoms with van der Waals surface area (Å²) < 4.78 is 16.1. The number of allylic oxidation sites excluding steroid dienone is 3. The van der Waals surface area contributed by atoms with Gasteiger partial charge in [-0.05, 0) is 70.1 Å². The van der Waals surface area contributed by atoms with Crippen molar-refractivity contribution < 1.29 is 23.8 Å². The van der Waals surface area contributed by atoms with Gasteiger partial charge in [0.2, 0.25) is 0 Å². The highest BCUT2D eigenvalue weighted by molar-refractivity contribution is 6.08. The Balaban J connectivity index is 2.55. The Kier molecular flexibility index (Phi) is 4.94. The number of rotatable bonds is 4. The van der Waals surface area contributed by atoms with Gasteiger partial charge in [-0.15, -0.1) is 0 Å². The van der Waals surface area contributed by atoms with E-state index in [0.717, 1.165) is 36.8 Å². The molecule has 0 aromatic rings. The lowest BCUT2D eigenvalue weighted by Crippen LogP contribution is -2.54. The summed E-state index contributed by atoms with van der Waals surface area (Å²) in [5.41, 5.74) is 1.00. The molecule has 1 saturated carbocycles. The number of carbonyl (C=O) groups is 2. The van der Waals surface area contributed by atoms with Gasteiger partial charge >= 0.3 is 17.5 Å². The van der Waals surface area contributed by atoms with Crippen molar-refractivity contribution in [3.63, 3.8) is 0 Å². The van der Waals surface area contributed by atoms with Crippen molar-refractivity contribution >= 4 is 11.9 Å². The van der Waals surface area contributed by atoms with Crippen LogP contribution in [-0.2, 0) is 23.8 Å². The van der Waals surface area contributed by atoms with Gasteiger partial charge in [-0.1, -0.05) is 0 Å². The van der Waals surface area contributed by atoms with E-state index in [9.17, 15) is 9.59 Å². The standard InChI is InChI=1S/C17H24O5/c1-5-20-15(18)17(16(19)21-6-2)11(3)13-9-7-8-10-14(13)12(4)22-17/h5-10H2,1-4H3. The van der Waals surface area contributed by atoms with Gasteiger partial charge < -0.3 is 14.2 Å². The van der Waals surface area contributed by atoms with E-state index in [2.05, 4.69) is 0 Å². The Morgan fingerprint density at radius 1 is 1.00 bits per heavy atom. The lowest BCUT2D eigenvalue weighted by molar-refractivity contribution is -0.181. The van der Waals surface area contributed by atoms with E-state index in [1.807, 2.05) is 0 Å². The molecule has 0 aromatic carbocycles. The molecule has 22 heavy (non-hydrogen) atoms. The molecule has 0 amide bonds. The van der Waals surface area contributed by atoms with Crippen LogP contribution in [0.5, 0.6) is 0 Å². The molecule has 0 N–H and O–H groups in total. The van der Waals surface area contributed by atoms with E-state index in [-0.39, 0.29) is 13.2 Å². The first kappa shape index (κ1) is 16.6. The van der Waals surface area contributed by atoms with Crippen molar-refractivity contribution in [3.05, 3.63) is 22.5 Å². The Hall–Kier alpha value is -1.78. The third-order valence-corrected chi connectivity index (χ3v) is 4.31. The molecule has 5 heteroatoms. The molecule has 1 aliphatic heterocycles. The molecule has 1 fully saturated rings. The van der Waals surface area contributed by atoms with Crippen LogP contribution < -0.4 is 0 Å². The summed E-state index contributed by atoms with van der Waals surface area (Å²) in [7, 11) is 0. The fraction of sp³-hybridized carbons (Fsp3) is 0.647. The highest BCUT2D eigenvalue weighted by atomic mass is 16.6. The third-order valence-electron chi connectivity index (χ3n) is 4.31. The van der Waals surface area contributed by atoms with Crippen molar-refractivity contribution in [1.29, 1.82) is 0 Å². The minimum absolute atomic E-state index is 0.182. The molecule has 122 valence electrons. The summed E-state index contributed by atoms with van der Waals surface area (Å²) in [6.07, 6.45) is 3.91. The molecule has 0 aromatic heterocycles. The van der Waals surface area contributed by atoms with Crippen LogP contribution in [0.4, 0.5) is 0 Å². The van der Waals surface area contributed by atoms with Gasteiger partial charge in [0.05, 0.1) is 19.0 Å². The SMILES string of the molecule is CCOC(=O)C1(C(=O)OCC)OC(C)=C2CCCCC2=C1C. The molecule has 0 radical (unpaired) electrons. The number of fused-ring (bicyclic) bond motifs is 1. The van der Waals surface area contributed by atoms with Gasteiger partial charge in [0.1, 0.15) is 0 Å². The maximum absolute atomic E-state index is 12.6.